The number of esters is 1. The standard InChI is InChI=1S/C24H25NO4/c1-15-21(24(27)29-14-13-28-2)22(23-19(25-15)11-6-12-20(23)26)18-10-5-8-16-7-3-4-9-17(16)18/h3-5,7-10,21-22H,6,11-14H2,1-2H3/t21?,22-/m0/s1. The molecule has 0 aromatic heterocycles. The van der Waals surface area contributed by atoms with Gasteiger partial charge >= 0.3 is 5.97 Å². The summed E-state index contributed by atoms with van der Waals surface area (Å²) in [5.74, 6) is -1.25. The first-order valence-electron chi connectivity index (χ1n) is 10.1. The van der Waals surface area contributed by atoms with Crippen LogP contribution in [0.1, 0.15) is 37.7 Å². The molecule has 2 aromatic rings. The van der Waals surface area contributed by atoms with E-state index < -0.39 is 5.92 Å². The topological polar surface area (TPSA) is 65.0 Å². The highest BCUT2D eigenvalue weighted by Gasteiger charge is 2.43. The lowest BCUT2D eigenvalue weighted by molar-refractivity contribution is -0.147. The number of Topliss-reactive ketones (excluding diaryl/α,β-unsaturated/α-hetero) is 1. The van der Waals surface area contributed by atoms with E-state index in [1.165, 1.54) is 0 Å². The fourth-order valence-corrected chi connectivity index (χ4v) is 4.48. The number of allylic oxidation sites excluding steroid dienone is 2. The van der Waals surface area contributed by atoms with Crippen LogP contribution < -0.4 is 0 Å². The highest BCUT2D eigenvalue weighted by Crippen LogP contribution is 2.45. The van der Waals surface area contributed by atoms with Gasteiger partial charge in [0.1, 0.15) is 12.5 Å². The van der Waals surface area contributed by atoms with Crippen molar-refractivity contribution in [3.8, 4) is 0 Å². The van der Waals surface area contributed by atoms with Crippen molar-refractivity contribution in [3.63, 3.8) is 0 Å². The molecule has 4 rings (SSSR count). The zero-order valence-corrected chi connectivity index (χ0v) is 16.8. The van der Waals surface area contributed by atoms with Crippen LogP contribution in [0.15, 0.2) is 58.7 Å². The molecule has 29 heavy (non-hydrogen) atoms. The minimum absolute atomic E-state index is 0.0927. The Balaban J connectivity index is 1.86. The van der Waals surface area contributed by atoms with E-state index >= 15 is 0 Å². The molecule has 0 fully saturated rings. The second-order valence-corrected chi connectivity index (χ2v) is 7.57. The first-order valence-corrected chi connectivity index (χ1v) is 10.1. The summed E-state index contributed by atoms with van der Waals surface area (Å²) in [5.41, 5.74) is 3.21. The Morgan fingerprint density at radius 1 is 1.10 bits per heavy atom. The van der Waals surface area contributed by atoms with Gasteiger partial charge in [0.15, 0.2) is 5.78 Å². The molecule has 150 valence electrons. The van der Waals surface area contributed by atoms with E-state index in [0.717, 1.165) is 34.9 Å². The minimum atomic E-state index is -0.613. The maximum atomic E-state index is 13.1. The van der Waals surface area contributed by atoms with Crippen LogP contribution in [0, 0.1) is 5.92 Å². The molecular weight excluding hydrogens is 366 g/mol. The lowest BCUT2D eigenvalue weighted by atomic mass is 9.71. The zero-order chi connectivity index (χ0) is 20.4. The van der Waals surface area contributed by atoms with Crippen LogP contribution in [-0.4, -0.2) is 37.8 Å². The molecule has 0 amide bonds. The van der Waals surface area contributed by atoms with Gasteiger partial charge in [-0.1, -0.05) is 42.5 Å². The van der Waals surface area contributed by atoms with E-state index in [9.17, 15) is 9.59 Å². The molecule has 5 nitrogen and oxygen atoms in total. The van der Waals surface area contributed by atoms with Gasteiger partial charge in [0.05, 0.1) is 6.61 Å². The van der Waals surface area contributed by atoms with E-state index in [1.807, 2.05) is 49.4 Å². The average molecular weight is 391 g/mol. The van der Waals surface area contributed by atoms with Crippen molar-refractivity contribution in [2.75, 3.05) is 20.3 Å². The normalized spacial score (nSPS) is 21.7. The van der Waals surface area contributed by atoms with Gasteiger partial charge in [-0.2, -0.15) is 0 Å². The second kappa shape index (κ2) is 8.29. The first-order chi connectivity index (χ1) is 14.1. The Labute approximate surface area is 170 Å². The average Bonchev–Trinajstić information content (AvgIpc) is 2.72. The summed E-state index contributed by atoms with van der Waals surface area (Å²) in [4.78, 5) is 30.8. The summed E-state index contributed by atoms with van der Waals surface area (Å²) in [5, 5.41) is 2.14. The Morgan fingerprint density at radius 2 is 1.90 bits per heavy atom. The SMILES string of the molecule is COCCOC(=O)C1C(C)=NC2=C(C(=O)CCC2)[C@H]1c1cccc2ccccc12. The van der Waals surface area contributed by atoms with Gasteiger partial charge in [0.2, 0.25) is 0 Å². The number of aliphatic imine (C=N–C) groups is 1. The Bertz CT molecular complexity index is 1020. The Kier molecular flexibility index (Phi) is 5.58. The van der Waals surface area contributed by atoms with Gasteiger partial charge in [-0.05, 0) is 36.1 Å². The molecule has 0 spiro atoms. The molecule has 0 saturated carbocycles. The quantitative estimate of drug-likeness (QED) is 0.566. The lowest BCUT2D eigenvalue weighted by Gasteiger charge is -2.35. The van der Waals surface area contributed by atoms with Crippen molar-refractivity contribution < 1.29 is 19.1 Å². The number of ether oxygens (including phenoxy) is 2. The molecule has 0 radical (unpaired) electrons. The lowest BCUT2D eigenvalue weighted by Crippen LogP contribution is -2.37. The molecule has 1 aliphatic heterocycles. The van der Waals surface area contributed by atoms with E-state index in [0.29, 0.717) is 24.3 Å². The van der Waals surface area contributed by atoms with E-state index in [4.69, 9.17) is 9.47 Å². The number of carbonyl (C=O) groups excluding carboxylic acids is 2. The van der Waals surface area contributed by atoms with Crippen molar-refractivity contribution in [1.82, 2.24) is 0 Å². The molecule has 1 aliphatic carbocycles. The predicted octanol–water partition coefficient (Wildman–Crippen LogP) is 4.21. The van der Waals surface area contributed by atoms with Crippen LogP contribution >= 0.6 is 0 Å². The van der Waals surface area contributed by atoms with Gasteiger partial charge in [-0.15, -0.1) is 0 Å². The van der Waals surface area contributed by atoms with Crippen LogP contribution in [0.4, 0.5) is 0 Å². The van der Waals surface area contributed by atoms with Crippen molar-refractivity contribution in [3.05, 3.63) is 59.3 Å². The van der Waals surface area contributed by atoms with Crippen LogP contribution in [-0.2, 0) is 19.1 Å². The molecule has 2 aromatic carbocycles. The number of hydrogen-bond acceptors (Lipinski definition) is 5. The Hall–Kier alpha value is -2.79. The largest absolute Gasteiger partial charge is 0.463 e. The number of nitrogens with zero attached hydrogens (tertiary/aromatic N) is 1. The van der Waals surface area contributed by atoms with Gasteiger partial charge in [0.25, 0.3) is 0 Å². The number of hydrogen-bond donors (Lipinski definition) is 0. The maximum Gasteiger partial charge on any atom is 0.315 e. The van der Waals surface area contributed by atoms with E-state index in [-0.39, 0.29) is 24.3 Å². The highest BCUT2D eigenvalue weighted by atomic mass is 16.6. The molecule has 5 heteroatoms. The summed E-state index contributed by atoms with van der Waals surface area (Å²) < 4.78 is 10.5. The van der Waals surface area contributed by atoms with Crippen LogP contribution in [0.2, 0.25) is 0 Å². The van der Waals surface area contributed by atoms with E-state index in [2.05, 4.69) is 4.99 Å². The molecule has 1 unspecified atom stereocenters. The monoisotopic (exact) mass is 391 g/mol. The van der Waals surface area contributed by atoms with Gasteiger partial charge in [0, 0.05) is 36.4 Å². The number of fused-ring (bicyclic) bond motifs is 1. The molecule has 0 bridgehead atoms. The van der Waals surface area contributed by atoms with Crippen molar-refractivity contribution >= 4 is 28.2 Å². The molecule has 0 saturated heterocycles. The van der Waals surface area contributed by atoms with Gasteiger partial charge in [-0.25, -0.2) is 0 Å². The maximum absolute atomic E-state index is 13.1. The fraction of sp³-hybridized carbons (Fsp3) is 0.375. The number of benzene rings is 2. The number of methoxy groups -OCH3 is 1. The number of carbonyl (C=O) groups is 2. The third-order valence-electron chi connectivity index (χ3n) is 5.78. The van der Waals surface area contributed by atoms with Crippen LogP contribution in [0.5, 0.6) is 0 Å². The molecule has 0 N–H and O–H groups in total. The van der Waals surface area contributed by atoms with Gasteiger partial charge < -0.3 is 9.47 Å². The summed E-state index contributed by atoms with van der Waals surface area (Å²) >= 11 is 0. The summed E-state index contributed by atoms with van der Waals surface area (Å²) in [6.07, 6.45) is 2.07. The second-order valence-electron chi connectivity index (χ2n) is 7.57. The van der Waals surface area contributed by atoms with Crippen LogP contribution in [0.25, 0.3) is 10.8 Å². The highest BCUT2D eigenvalue weighted by molar-refractivity contribution is 6.09. The Morgan fingerprint density at radius 3 is 2.72 bits per heavy atom. The van der Waals surface area contributed by atoms with E-state index in [1.54, 1.807) is 7.11 Å². The third kappa shape index (κ3) is 3.62. The summed E-state index contributed by atoms with van der Waals surface area (Å²) in [6, 6.07) is 14.1. The molecule has 1 heterocycles. The van der Waals surface area contributed by atoms with Crippen molar-refractivity contribution in [1.29, 1.82) is 0 Å². The summed E-state index contributed by atoms with van der Waals surface area (Å²) in [6.45, 7) is 2.38. The zero-order valence-electron chi connectivity index (χ0n) is 16.8. The first kappa shape index (κ1) is 19.5. The number of ketones is 1. The minimum Gasteiger partial charge on any atom is -0.463 e. The van der Waals surface area contributed by atoms with Crippen LogP contribution in [0.3, 0.4) is 0 Å². The predicted molar refractivity (Wildman–Crippen MR) is 112 cm³/mol. The molecule has 2 atom stereocenters. The fourth-order valence-electron chi connectivity index (χ4n) is 4.48. The smallest absolute Gasteiger partial charge is 0.315 e. The molecular formula is C24H25NO4. The van der Waals surface area contributed by atoms with Gasteiger partial charge in [-0.3, -0.25) is 14.6 Å². The van der Waals surface area contributed by atoms with Crippen molar-refractivity contribution in [2.45, 2.75) is 32.1 Å². The van der Waals surface area contributed by atoms with Crippen molar-refractivity contribution in [2.24, 2.45) is 10.9 Å². The molecule has 2 aliphatic rings. The third-order valence-corrected chi connectivity index (χ3v) is 5.78. The number of rotatable bonds is 5. The summed E-state index contributed by atoms with van der Waals surface area (Å²) in [7, 11) is 1.57.